The molecular weight excluding hydrogens is 545 g/mol. The number of carbonyl (C=O) groups excluding carboxylic acids is 1. The van der Waals surface area contributed by atoms with Crippen LogP contribution in [0, 0.1) is 5.82 Å². The topological polar surface area (TPSA) is 60.5 Å². The first-order valence-electron chi connectivity index (χ1n) is 15.8. The van der Waals surface area contributed by atoms with Crippen LogP contribution in [0.3, 0.4) is 0 Å². The maximum atomic E-state index is 14.8. The van der Waals surface area contributed by atoms with Gasteiger partial charge in [0.1, 0.15) is 5.82 Å². The van der Waals surface area contributed by atoms with Crippen molar-refractivity contribution in [3.05, 3.63) is 77.6 Å². The van der Waals surface area contributed by atoms with Gasteiger partial charge < -0.3 is 24.6 Å². The average Bonchev–Trinajstić information content (AvgIpc) is 3.66. The Labute approximate surface area is 256 Å². The average molecular weight is 594 g/mol. The van der Waals surface area contributed by atoms with E-state index in [4.69, 9.17) is 9.47 Å². The van der Waals surface area contributed by atoms with E-state index in [1.54, 1.807) is 6.07 Å². The number of anilines is 1. The van der Waals surface area contributed by atoms with Crippen molar-refractivity contribution in [2.45, 2.75) is 30.8 Å². The Morgan fingerprint density at radius 1 is 1.02 bits per heavy atom. The maximum Gasteiger partial charge on any atom is 0.243 e. The Morgan fingerprint density at radius 2 is 1.77 bits per heavy atom. The first-order chi connectivity index (χ1) is 20.9. The van der Waals surface area contributed by atoms with E-state index in [0.29, 0.717) is 44.9 Å². The lowest BCUT2D eigenvalue weighted by molar-refractivity contribution is -0.116. The predicted molar refractivity (Wildman–Crippen MR) is 169 cm³/mol. The zero-order valence-electron chi connectivity index (χ0n) is 25.8. The summed E-state index contributed by atoms with van der Waals surface area (Å²) in [6, 6.07) is 15.4. The summed E-state index contributed by atoms with van der Waals surface area (Å²) < 4.78 is 26.0. The van der Waals surface area contributed by atoms with Crippen molar-refractivity contribution in [2.24, 2.45) is 0 Å². The molecule has 2 aromatic carbocycles. The number of amides is 1. The summed E-state index contributed by atoms with van der Waals surface area (Å²) >= 11 is 0. The van der Waals surface area contributed by atoms with Crippen LogP contribution < -0.4 is 10.2 Å². The molecule has 0 radical (unpaired) electrons. The smallest absolute Gasteiger partial charge is 0.243 e. The molecule has 1 aliphatic carbocycles. The van der Waals surface area contributed by atoms with Crippen LogP contribution in [-0.2, 0) is 20.7 Å². The van der Waals surface area contributed by atoms with Crippen LogP contribution in [0.4, 0.5) is 10.1 Å². The first-order valence-corrected chi connectivity index (χ1v) is 15.8. The van der Waals surface area contributed by atoms with Crippen LogP contribution in [-0.4, -0.2) is 120 Å². The molecule has 2 aliphatic heterocycles. The molecule has 2 heterocycles. The molecule has 1 N–H and O–H groups in total. The number of fused-ring (bicyclic) bond motifs is 1. The third-order valence-corrected chi connectivity index (χ3v) is 9.30. The van der Waals surface area contributed by atoms with Crippen molar-refractivity contribution in [3.63, 3.8) is 0 Å². The minimum Gasteiger partial charge on any atom is -0.378 e. The minimum atomic E-state index is -0.184. The van der Waals surface area contributed by atoms with Crippen LogP contribution in [0.5, 0.6) is 0 Å². The van der Waals surface area contributed by atoms with E-state index in [0.717, 1.165) is 64.2 Å². The van der Waals surface area contributed by atoms with Crippen molar-refractivity contribution in [3.8, 4) is 0 Å². The van der Waals surface area contributed by atoms with Gasteiger partial charge in [-0.2, -0.15) is 0 Å². The van der Waals surface area contributed by atoms with Crippen molar-refractivity contribution in [2.75, 3.05) is 97.8 Å². The Hall–Kier alpha value is -2.82. The summed E-state index contributed by atoms with van der Waals surface area (Å²) in [5.74, 6) is 0.174. The summed E-state index contributed by atoms with van der Waals surface area (Å²) in [5, 5.41) is 2.68. The maximum absolute atomic E-state index is 14.8. The summed E-state index contributed by atoms with van der Waals surface area (Å²) in [6.07, 6.45) is 3.23. The van der Waals surface area contributed by atoms with Gasteiger partial charge in [-0.1, -0.05) is 30.8 Å². The van der Waals surface area contributed by atoms with Gasteiger partial charge in [0.15, 0.2) is 0 Å². The van der Waals surface area contributed by atoms with Crippen molar-refractivity contribution in [1.82, 2.24) is 20.0 Å². The number of nitrogens with zero attached hydrogens (tertiary/aromatic N) is 4. The summed E-state index contributed by atoms with van der Waals surface area (Å²) in [7, 11) is 4.34. The van der Waals surface area contributed by atoms with Gasteiger partial charge in [-0.3, -0.25) is 14.6 Å². The van der Waals surface area contributed by atoms with Crippen molar-refractivity contribution < 1.29 is 18.7 Å². The zero-order chi connectivity index (χ0) is 30.2. The Balaban J connectivity index is 1.05. The Morgan fingerprint density at radius 3 is 2.49 bits per heavy atom. The quantitative estimate of drug-likeness (QED) is 0.267. The molecule has 0 spiro atoms. The van der Waals surface area contributed by atoms with Crippen LogP contribution in [0.25, 0.3) is 0 Å². The summed E-state index contributed by atoms with van der Waals surface area (Å²) in [5.41, 5.74) is 4.77. The van der Waals surface area contributed by atoms with E-state index in [1.165, 1.54) is 22.9 Å². The number of likely N-dealkylation sites (N-methyl/N-ethyl adjacent to an activating group) is 1. The van der Waals surface area contributed by atoms with Gasteiger partial charge in [0, 0.05) is 81.6 Å². The molecule has 0 unspecified atom stereocenters. The summed E-state index contributed by atoms with van der Waals surface area (Å²) in [6.45, 7) is 13.0. The molecule has 2 aromatic rings. The van der Waals surface area contributed by atoms with Gasteiger partial charge in [-0.15, -0.1) is 0 Å². The number of ether oxygens (including phenoxy) is 2. The lowest BCUT2D eigenvalue weighted by Crippen LogP contribution is -2.47. The van der Waals surface area contributed by atoms with Gasteiger partial charge in [0.2, 0.25) is 5.91 Å². The number of carbonyl (C=O) groups is 1. The molecule has 3 atom stereocenters. The second kappa shape index (κ2) is 15.3. The number of hydrogen-bond acceptors (Lipinski definition) is 7. The number of aryl methyl sites for hydroxylation is 1. The van der Waals surface area contributed by atoms with E-state index in [2.05, 4.69) is 75.9 Å². The normalized spacial score (nSPS) is 22.7. The SMILES string of the molecule is C=CC(=O)NCCOCCOCCN1CCN(c2ccc([C@H]3CN([C@H]4CCc5cccc(F)c54)C[C@@H]3N(C)C)cc2)CC1. The number of benzene rings is 2. The van der Waals surface area contributed by atoms with E-state index < -0.39 is 0 Å². The third kappa shape index (κ3) is 8.02. The predicted octanol–water partition coefficient (Wildman–Crippen LogP) is 3.30. The molecule has 2 fully saturated rings. The van der Waals surface area contributed by atoms with Gasteiger partial charge in [0.25, 0.3) is 0 Å². The molecule has 234 valence electrons. The van der Waals surface area contributed by atoms with E-state index in [1.807, 2.05) is 6.07 Å². The fourth-order valence-corrected chi connectivity index (χ4v) is 6.89. The second-order valence-corrected chi connectivity index (χ2v) is 12.1. The highest BCUT2D eigenvalue weighted by Gasteiger charge is 2.41. The largest absolute Gasteiger partial charge is 0.378 e. The molecule has 9 heteroatoms. The highest BCUT2D eigenvalue weighted by atomic mass is 19.1. The fraction of sp³-hybridized carbons (Fsp3) is 0.559. The monoisotopic (exact) mass is 593 g/mol. The van der Waals surface area contributed by atoms with Gasteiger partial charge in [-0.25, -0.2) is 4.39 Å². The fourth-order valence-electron chi connectivity index (χ4n) is 6.89. The van der Waals surface area contributed by atoms with Crippen molar-refractivity contribution in [1.29, 1.82) is 0 Å². The van der Waals surface area contributed by atoms with Gasteiger partial charge in [-0.05, 0) is 62.3 Å². The molecule has 0 saturated carbocycles. The van der Waals surface area contributed by atoms with E-state index in [9.17, 15) is 9.18 Å². The highest BCUT2D eigenvalue weighted by molar-refractivity contribution is 5.86. The van der Waals surface area contributed by atoms with E-state index >= 15 is 0 Å². The Kier molecular flexibility index (Phi) is 11.2. The third-order valence-electron chi connectivity index (χ3n) is 9.30. The molecule has 8 nitrogen and oxygen atoms in total. The molecular formula is C34H48FN5O3. The molecule has 0 aromatic heterocycles. The lowest BCUT2D eigenvalue weighted by Gasteiger charge is -2.36. The number of piperazine rings is 1. The molecule has 43 heavy (non-hydrogen) atoms. The number of rotatable bonds is 14. The lowest BCUT2D eigenvalue weighted by atomic mass is 9.93. The van der Waals surface area contributed by atoms with Gasteiger partial charge >= 0.3 is 0 Å². The number of nitrogens with one attached hydrogen (secondary N) is 1. The molecule has 3 aliphatic rings. The number of hydrogen-bond donors (Lipinski definition) is 1. The molecule has 1 amide bonds. The number of likely N-dealkylation sites (tertiary alicyclic amines) is 1. The van der Waals surface area contributed by atoms with Crippen LogP contribution in [0.2, 0.25) is 0 Å². The Bertz CT molecular complexity index is 1200. The minimum absolute atomic E-state index is 0.0455. The van der Waals surface area contributed by atoms with Crippen molar-refractivity contribution >= 4 is 11.6 Å². The van der Waals surface area contributed by atoms with E-state index in [-0.39, 0.29) is 17.8 Å². The zero-order valence-corrected chi connectivity index (χ0v) is 25.8. The first kappa shape index (κ1) is 31.6. The highest BCUT2D eigenvalue weighted by Crippen LogP contribution is 2.42. The summed E-state index contributed by atoms with van der Waals surface area (Å²) in [4.78, 5) is 20.9. The van der Waals surface area contributed by atoms with Crippen LogP contribution >= 0.6 is 0 Å². The molecule has 0 bridgehead atoms. The van der Waals surface area contributed by atoms with Crippen LogP contribution in [0.15, 0.2) is 55.1 Å². The molecule has 5 rings (SSSR count). The standard InChI is InChI=1S/C34H48FN5O3/c1-4-33(41)36-14-20-42-22-23-43-21-19-38-15-17-39(18-16-38)28-11-8-26(9-12-28)29-24-40(25-32(29)37(2)3)31-13-10-27-6-5-7-30(35)34(27)31/h4-9,11-12,29,31-32H,1,10,13-25H2,2-3H3,(H,36,41)/t29-,31+,32+/m1/s1. The molecule has 2 saturated heterocycles. The second-order valence-electron chi connectivity index (χ2n) is 12.1. The van der Waals surface area contributed by atoms with Crippen LogP contribution in [0.1, 0.15) is 35.1 Å². The number of halogens is 1. The van der Waals surface area contributed by atoms with Gasteiger partial charge in [0.05, 0.1) is 26.4 Å².